The molecule has 1 saturated heterocycles. The van der Waals surface area contributed by atoms with Crippen LogP contribution in [0.15, 0.2) is 0 Å². The van der Waals surface area contributed by atoms with Crippen LogP contribution in [0.2, 0.25) is 0 Å². The molecule has 0 amide bonds. The lowest BCUT2D eigenvalue weighted by Crippen LogP contribution is -2.42. The molecule has 0 aromatic carbocycles. The summed E-state index contributed by atoms with van der Waals surface area (Å²) in [4.78, 5) is 2.53. The van der Waals surface area contributed by atoms with Crippen molar-refractivity contribution in [3.05, 3.63) is 0 Å². The van der Waals surface area contributed by atoms with E-state index in [1.807, 2.05) is 0 Å². The summed E-state index contributed by atoms with van der Waals surface area (Å²) in [5.74, 6) is 0. The van der Waals surface area contributed by atoms with Crippen molar-refractivity contribution in [1.29, 1.82) is 0 Å². The van der Waals surface area contributed by atoms with Crippen molar-refractivity contribution >= 4 is 22.9 Å². The number of halogens is 1. The molecule has 1 fully saturated rings. The largest absolute Gasteiger partial charge is 0.302 e. The van der Waals surface area contributed by atoms with E-state index < -0.39 is 0 Å². The molecule has 3 heteroatoms. The summed E-state index contributed by atoms with van der Waals surface area (Å²) < 4.78 is 2.32. The Morgan fingerprint density at radius 1 is 1.64 bits per heavy atom. The lowest BCUT2D eigenvalue weighted by atomic mass is 10.1. The van der Waals surface area contributed by atoms with Crippen molar-refractivity contribution < 1.29 is 0 Å². The summed E-state index contributed by atoms with van der Waals surface area (Å²) in [6, 6.07) is 0.782. The van der Waals surface area contributed by atoms with Gasteiger partial charge in [0.2, 0.25) is 0 Å². The molecule has 0 aromatic rings. The van der Waals surface area contributed by atoms with E-state index in [9.17, 15) is 0 Å². The Morgan fingerprint density at radius 2 is 2.36 bits per heavy atom. The zero-order valence-corrected chi connectivity index (χ0v) is 9.54. The third kappa shape index (κ3) is 2.87. The number of likely N-dealkylation sites (tertiary alicyclic amines) is 1. The topological polar surface area (TPSA) is 6.48 Å². The second kappa shape index (κ2) is 4.62. The van der Waals surface area contributed by atoms with Crippen LogP contribution in [0, 0.1) is 0 Å². The van der Waals surface area contributed by atoms with Crippen LogP contribution in [0.4, 0.5) is 0 Å². The molecule has 0 aliphatic carbocycles. The number of hydrogen-bond donors (Lipinski definition) is 0. The predicted molar refractivity (Wildman–Crippen MR) is 56.9 cm³/mol. The van der Waals surface area contributed by atoms with Crippen molar-refractivity contribution in [1.82, 2.24) is 8.01 Å². The Bertz CT molecular complexity index is 117. The molecule has 1 unspecified atom stereocenters. The van der Waals surface area contributed by atoms with Gasteiger partial charge in [0, 0.05) is 35.5 Å². The van der Waals surface area contributed by atoms with Gasteiger partial charge < -0.3 is 4.90 Å². The number of rotatable bonds is 2. The molecule has 2 nitrogen and oxygen atoms in total. The standard InChI is InChI=1S/C8H17IN2/c1-3-11-6-4-5-8(7-11)10(2)9/h8H,3-7H2,1-2H3. The number of piperidine rings is 1. The summed E-state index contributed by atoms with van der Waals surface area (Å²) >= 11 is 2.39. The summed E-state index contributed by atoms with van der Waals surface area (Å²) in [5, 5.41) is 0. The Kier molecular flexibility index (Phi) is 4.09. The van der Waals surface area contributed by atoms with E-state index in [1.165, 1.54) is 32.5 Å². The molecular weight excluding hydrogens is 251 g/mol. The Morgan fingerprint density at radius 3 is 2.91 bits per heavy atom. The van der Waals surface area contributed by atoms with Crippen molar-refractivity contribution in [3.63, 3.8) is 0 Å². The third-order valence-corrected chi connectivity index (χ3v) is 3.22. The van der Waals surface area contributed by atoms with Crippen molar-refractivity contribution in [2.24, 2.45) is 0 Å². The fourth-order valence-corrected chi connectivity index (χ4v) is 2.06. The minimum Gasteiger partial charge on any atom is -0.302 e. The Balaban J connectivity index is 2.33. The van der Waals surface area contributed by atoms with Crippen LogP contribution in [0.25, 0.3) is 0 Å². The van der Waals surface area contributed by atoms with E-state index in [0.29, 0.717) is 0 Å². The average molecular weight is 268 g/mol. The zero-order chi connectivity index (χ0) is 8.27. The summed E-state index contributed by atoms with van der Waals surface area (Å²) in [7, 11) is 2.17. The normalized spacial score (nSPS) is 27.8. The van der Waals surface area contributed by atoms with Crippen LogP contribution in [0.5, 0.6) is 0 Å². The van der Waals surface area contributed by atoms with Gasteiger partial charge in [-0.25, -0.2) is 3.11 Å². The fraction of sp³-hybridized carbons (Fsp3) is 1.00. The van der Waals surface area contributed by atoms with Crippen LogP contribution in [0.1, 0.15) is 19.8 Å². The van der Waals surface area contributed by atoms with Crippen LogP contribution >= 0.6 is 22.9 Å². The van der Waals surface area contributed by atoms with Gasteiger partial charge in [0.1, 0.15) is 0 Å². The molecule has 66 valence electrons. The van der Waals surface area contributed by atoms with Crippen LogP contribution < -0.4 is 0 Å². The highest BCUT2D eigenvalue weighted by Crippen LogP contribution is 2.16. The van der Waals surface area contributed by atoms with Gasteiger partial charge in [0.25, 0.3) is 0 Å². The molecule has 1 aliphatic rings. The number of likely N-dealkylation sites (N-methyl/N-ethyl adjacent to an activating group) is 2. The van der Waals surface area contributed by atoms with Gasteiger partial charge in [-0.1, -0.05) is 6.92 Å². The summed E-state index contributed by atoms with van der Waals surface area (Å²) in [6.45, 7) is 6.02. The lowest BCUT2D eigenvalue weighted by molar-refractivity contribution is 0.179. The van der Waals surface area contributed by atoms with Gasteiger partial charge in [-0.2, -0.15) is 0 Å². The van der Waals surface area contributed by atoms with E-state index in [-0.39, 0.29) is 0 Å². The number of nitrogens with zero attached hydrogens (tertiary/aromatic N) is 2. The highest BCUT2D eigenvalue weighted by molar-refractivity contribution is 14.1. The second-order valence-corrected chi connectivity index (χ2v) is 4.74. The first-order valence-electron chi connectivity index (χ1n) is 4.35. The van der Waals surface area contributed by atoms with Crippen LogP contribution in [-0.2, 0) is 0 Å². The molecule has 1 heterocycles. The smallest absolute Gasteiger partial charge is 0.0318 e. The maximum atomic E-state index is 2.53. The first kappa shape index (κ1) is 9.74. The van der Waals surface area contributed by atoms with E-state index in [2.05, 4.69) is 44.8 Å². The van der Waals surface area contributed by atoms with E-state index in [1.54, 1.807) is 0 Å². The molecule has 11 heavy (non-hydrogen) atoms. The highest BCUT2D eigenvalue weighted by Gasteiger charge is 2.20. The lowest BCUT2D eigenvalue weighted by Gasteiger charge is -2.34. The minimum atomic E-state index is 0.782. The minimum absolute atomic E-state index is 0.782. The molecule has 1 atom stereocenters. The summed E-state index contributed by atoms with van der Waals surface area (Å²) in [6.07, 6.45) is 2.74. The zero-order valence-electron chi connectivity index (χ0n) is 7.39. The first-order valence-corrected chi connectivity index (χ1v) is 5.31. The SMILES string of the molecule is CCN1CCCC(N(C)I)C1. The molecule has 1 rings (SSSR count). The average Bonchev–Trinajstić information content (AvgIpc) is 2.05. The monoisotopic (exact) mass is 268 g/mol. The van der Waals surface area contributed by atoms with E-state index in [4.69, 9.17) is 0 Å². The van der Waals surface area contributed by atoms with Crippen LogP contribution in [-0.4, -0.2) is 40.7 Å². The third-order valence-electron chi connectivity index (χ3n) is 2.43. The first-order chi connectivity index (χ1) is 5.24. The molecule has 0 N–H and O–H groups in total. The molecule has 0 radical (unpaired) electrons. The molecule has 0 bridgehead atoms. The maximum absolute atomic E-state index is 2.53. The predicted octanol–water partition coefficient (Wildman–Crippen LogP) is 1.75. The molecule has 0 spiro atoms. The maximum Gasteiger partial charge on any atom is 0.0318 e. The quantitative estimate of drug-likeness (QED) is 0.556. The molecule has 1 aliphatic heterocycles. The van der Waals surface area contributed by atoms with Gasteiger partial charge in [-0.05, 0) is 33.0 Å². The van der Waals surface area contributed by atoms with E-state index in [0.717, 1.165) is 6.04 Å². The van der Waals surface area contributed by atoms with Crippen LogP contribution in [0.3, 0.4) is 0 Å². The van der Waals surface area contributed by atoms with Gasteiger partial charge in [0.05, 0.1) is 0 Å². The fourth-order valence-electron chi connectivity index (χ4n) is 1.61. The van der Waals surface area contributed by atoms with Crippen molar-refractivity contribution in [2.45, 2.75) is 25.8 Å². The summed E-state index contributed by atoms with van der Waals surface area (Å²) in [5.41, 5.74) is 0. The Hall–Kier alpha value is 0.650. The highest BCUT2D eigenvalue weighted by atomic mass is 127. The molecule has 0 saturated carbocycles. The van der Waals surface area contributed by atoms with Gasteiger partial charge in [-0.15, -0.1) is 0 Å². The number of hydrogen-bond acceptors (Lipinski definition) is 2. The van der Waals surface area contributed by atoms with Gasteiger partial charge >= 0.3 is 0 Å². The van der Waals surface area contributed by atoms with E-state index >= 15 is 0 Å². The van der Waals surface area contributed by atoms with Gasteiger partial charge in [-0.3, -0.25) is 0 Å². The second-order valence-electron chi connectivity index (χ2n) is 3.21. The Labute approximate surface area is 83.4 Å². The van der Waals surface area contributed by atoms with Crippen molar-refractivity contribution in [3.8, 4) is 0 Å². The molecule has 0 aromatic heterocycles. The van der Waals surface area contributed by atoms with Crippen molar-refractivity contribution in [2.75, 3.05) is 26.7 Å². The molecular formula is C8H17IN2. The van der Waals surface area contributed by atoms with Gasteiger partial charge in [0.15, 0.2) is 0 Å².